The van der Waals surface area contributed by atoms with Crippen molar-refractivity contribution in [1.82, 2.24) is 5.32 Å². The van der Waals surface area contributed by atoms with Gasteiger partial charge in [-0.25, -0.2) is 0 Å². The number of unbranched alkanes of at least 4 members (excludes halogenated alkanes) is 4. The lowest BCUT2D eigenvalue weighted by molar-refractivity contribution is -0.143. The first-order chi connectivity index (χ1) is 8.53. The summed E-state index contributed by atoms with van der Waals surface area (Å²) in [7, 11) is 0. The molecule has 2 atom stereocenters. The summed E-state index contributed by atoms with van der Waals surface area (Å²) in [5.41, 5.74) is -0.125. The minimum atomic E-state index is -0.125. The van der Waals surface area contributed by atoms with Crippen LogP contribution in [-0.4, -0.2) is 11.8 Å². The molecular formula is C15H27NO2. The maximum absolute atomic E-state index is 11.9. The predicted molar refractivity (Wildman–Crippen MR) is 73.0 cm³/mol. The van der Waals surface area contributed by atoms with Gasteiger partial charge in [-0.1, -0.05) is 52.9 Å². The first-order valence-electron chi connectivity index (χ1n) is 7.37. The third kappa shape index (κ3) is 3.82. The molecule has 18 heavy (non-hydrogen) atoms. The molecule has 0 bridgehead atoms. The quantitative estimate of drug-likeness (QED) is 0.558. The van der Waals surface area contributed by atoms with Crippen molar-refractivity contribution in [1.29, 1.82) is 0 Å². The van der Waals surface area contributed by atoms with Crippen LogP contribution in [-0.2, 0) is 9.59 Å². The third-order valence-corrected chi connectivity index (χ3v) is 4.24. The molecule has 3 heteroatoms. The van der Waals surface area contributed by atoms with E-state index >= 15 is 0 Å². The van der Waals surface area contributed by atoms with Crippen LogP contribution in [0, 0.1) is 11.3 Å². The summed E-state index contributed by atoms with van der Waals surface area (Å²) in [5.74, 6) is -0.160. The Bertz CT molecular complexity index is 301. The molecule has 1 fully saturated rings. The first kappa shape index (κ1) is 15.2. The Kier molecular flexibility index (Phi) is 5.83. The van der Waals surface area contributed by atoms with Crippen molar-refractivity contribution < 1.29 is 9.59 Å². The van der Waals surface area contributed by atoms with Crippen LogP contribution >= 0.6 is 0 Å². The van der Waals surface area contributed by atoms with Crippen LogP contribution in [0.5, 0.6) is 0 Å². The molecule has 0 saturated carbocycles. The Balaban J connectivity index is 2.51. The molecule has 1 heterocycles. The zero-order valence-corrected chi connectivity index (χ0v) is 12.1. The van der Waals surface area contributed by atoms with Crippen LogP contribution in [0.25, 0.3) is 0 Å². The number of amides is 2. The van der Waals surface area contributed by atoms with E-state index < -0.39 is 0 Å². The topological polar surface area (TPSA) is 46.2 Å². The fourth-order valence-corrected chi connectivity index (χ4v) is 3.15. The molecule has 0 aromatic rings. The van der Waals surface area contributed by atoms with Crippen LogP contribution in [0.1, 0.15) is 72.1 Å². The molecule has 3 nitrogen and oxygen atoms in total. The smallest absolute Gasteiger partial charge is 0.230 e. The standard InChI is InChI=1S/C15H27NO2/c1-4-6-7-8-9-10-15(3)11-13(17)16-14(18)12(15)5-2/h12H,4-11H2,1-3H3,(H,16,17,18). The molecular weight excluding hydrogens is 226 g/mol. The van der Waals surface area contributed by atoms with Crippen molar-refractivity contribution in [2.24, 2.45) is 11.3 Å². The zero-order valence-electron chi connectivity index (χ0n) is 12.1. The van der Waals surface area contributed by atoms with E-state index in [1.807, 2.05) is 6.92 Å². The third-order valence-electron chi connectivity index (χ3n) is 4.24. The number of carbonyl (C=O) groups is 2. The van der Waals surface area contributed by atoms with Gasteiger partial charge < -0.3 is 0 Å². The Morgan fingerprint density at radius 1 is 1.17 bits per heavy atom. The minimum absolute atomic E-state index is 0.00127. The predicted octanol–water partition coefficient (Wildman–Crippen LogP) is 3.43. The second kappa shape index (κ2) is 6.91. The van der Waals surface area contributed by atoms with Gasteiger partial charge in [0.05, 0.1) is 0 Å². The molecule has 1 aliphatic heterocycles. The number of rotatable bonds is 7. The highest BCUT2D eigenvalue weighted by Gasteiger charge is 2.43. The number of imide groups is 1. The number of hydrogen-bond donors (Lipinski definition) is 1. The summed E-state index contributed by atoms with van der Waals surface area (Å²) in [6, 6.07) is 0. The molecule has 1 N–H and O–H groups in total. The second-order valence-electron chi connectivity index (χ2n) is 5.87. The largest absolute Gasteiger partial charge is 0.296 e. The highest BCUT2D eigenvalue weighted by Crippen LogP contribution is 2.41. The molecule has 0 spiro atoms. The molecule has 0 aliphatic carbocycles. The normalized spacial score (nSPS) is 28.3. The minimum Gasteiger partial charge on any atom is -0.296 e. The molecule has 0 aromatic carbocycles. The summed E-state index contributed by atoms with van der Waals surface area (Å²) >= 11 is 0. The van der Waals surface area contributed by atoms with Gasteiger partial charge in [0.1, 0.15) is 0 Å². The lowest BCUT2D eigenvalue weighted by Gasteiger charge is -2.39. The average molecular weight is 253 g/mol. The molecule has 0 radical (unpaired) electrons. The summed E-state index contributed by atoms with van der Waals surface area (Å²) < 4.78 is 0. The molecule has 0 aromatic heterocycles. The highest BCUT2D eigenvalue weighted by atomic mass is 16.2. The number of piperidine rings is 1. The van der Waals surface area contributed by atoms with Crippen molar-refractivity contribution >= 4 is 11.8 Å². The Morgan fingerprint density at radius 2 is 1.83 bits per heavy atom. The van der Waals surface area contributed by atoms with Gasteiger partial charge in [-0.05, 0) is 18.3 Å². The van der Waals surface area contributed by atoms with E-state index in [0.29, 0.717) is 6.42 Å². The summed E-state index contributed by atoms with van der Waals surface area (Å²) in [6.45, 7) is 6.35. The maximum atomic E-state index is 11.9. The Labute approximate surface area is 111 Å². The average Bonchev–Trinajstić information content (AvgIpc) is 2.28. The van der Waals surface area contributed by atoms with Crippen LogP contribution in [0.15, 0.2) is 0 Å². The van der Waals surface area contributed by atoms with Gasteiger partial charge in [-0.3, -0.25) is 14.9 Å². The lowest BCUT2D eigenvalue weighted by atomic mass is 9.67. The fraction of sp³-hybridized carbons (Fsp3) is 0.867. The van der Waals surface area contributed by atoms with Crippen molar-refractivity contribution in [2.75, 3.05) is 0 Å². The molecule has 2 unspecified atom stereocenters. The van der Waals surface area contributed by atoms with Gasteiger partial charge >= 0.3 is 0 Å². The van der Waals surface area contributed by atoms with E-state index in [0.717, 1.165) is 19.3 Å². The molecule has 1 aliphatic rings. The monoisotopic (exact) mass is 253 g/mol. The second-order valence-corrected chi connectivity index (χ2v) is 5.87. The van der Waals surface area contributed by atoms with Crippen molar-refractivity contribution in [3.8, 4) is 0 Å². The number of nitrogens with one attached hydrogen (secondary N) is 1. The van der Waals surface area contributed by atoms with E-state index in [1.54, 1.807) is 0 Å². The van der Waals surface area contributed by atoms with E-state index in [4.69, 9.17) is 0 Å². The Morgan fingerprint density at radius 3 is 2.44 bits per heavy atom. The maximum Gasteiger partial charge on any atom is 0.230 e. The van der Waals surface area contributed by atoms with Crippen LogP contribution in [0.4, 0.5) is 0 Å². The van der Waals surface area contributed by atoms with E-state index in [1.165, 1.54) is 25.7 Å². The van der Waals surface area contributed by atoms with Crippen molar-refractivity contribution in [3.05, 3.63) is 0 Å². The van der Waals surface area contributed by atoms with Crippen molar-refractivity contribution in [3.63, 3.8) is 0 Å². The van der Waals surface area contributed by atoms with Gasteiger partial charge in [0.2, 0.25) is 11.8 Å². The fourth-order valence-electron chi connectivity index (χ4n) is 3.15. The summed E-state index contributed by atoms with van der Waals surface area (Å²) in [5, 5.41) is 2.47. The lowest BCUT2D eigenvalue weighted by Crippen LogP contribution is -2.50. The zero-order chi connectivity index (χ0) is 13.6. The van der Waals surface area contributed by atoms with Crippen LogP contribution < -0.4 is 5.32 Å². The van der Waals surface area contributed by atoms with Gasteiger partial charge in [-0.2, -0.15) is 0 Å². The van der Waals surface area contributed by atoms with Gasteiger partial charge in [0.15, 0.2) is 0 Å². The van der Waals surface area contributed by atoms with Crippen molar-refractivity contribution in [2.45, 2.75) is 72.1 Å². The van der Waals surface area contributed by atoms with Gasteiger partial charge in [0.25, 0.3) is 0 Å². The molecule has 2 amide bonds. The highest BCUT2D eigenvalue weighted by molar-refractivity contribution is 5.99. The van der Waals surface area contributed by atoms with E-state index in [2.05, 4.69) is 19.2 Å². The van der Waals surface area contributed by atoms with Gasteiger partial charge in [0, 0.05) is 12.3 Å². The Hall–Kier alpha value is -0.860. The molecule has 1 rings (SSSR count). The van der Waals surface area contributed by atoms with Crippen LogP contribution in [0.2, 0.25) is 0 Å². The summed E-state index contributed by atoms with van der Waals surface area (Å²) in [4.78, 5) is 23.4. The van der Waals surface area contributed by atoms with E-state index in [9.17, 15) is 9.59 Å². The molecule has 1 saturated heterocycles. The van der Waals surface area contributed by atoms with E-state index in [-0.39, 0.29) is 23.1 Å². The first-order valence-corrected chi connectivity index (χ1v) is 7.37. The number of hydrogen-bond acceptors (Lipinski definition) is 2. The molecule has 104 valence electrons. The number of carbonyl (C=O) groups excluding carboxylic acids is 2. The summed E-state index contributed by atoms with van der Waals surface area (Å²) in [6.07, 6.45) is 8.47. The SMILES string of the molecule is CCCCCCCC1(C)CC(=O)NC(=O)C1CC. The van der Waals surface area contributed by atoms with Crippen LogP contribution in [0.3, 0.4) is 0 Å². The van der Waals surface area contributed by atoms with Gasteiger partial charge in [-0.15, -0.1) is 0 Å².